The molecule has 118 valence electrons. The van der Waals surface area contributed by atoms with E-state index in [0.29, 0.717) is 11.1 Å². The highest BCUT2D eigenvalue weighted by Gasteiger charge is 2.21. The van der Waals surface area contributed by atoms with Gasteiger partial charge in [0, 0.05) is 22.3 Å². The molecule has 4 nitrogen and oxygen atoms in total. The van der Waals surface area contributed by atoms with Crippen LogP contribution in [0.5, 0.6) is 0 Å². The van der Waals surface area contributed by atoms with Gasteiger partial charge in [0.05, 0.1) is 11.4 Å². The monoisotopic (exact) mass is 316 g/mol. The first-order valence-electron chi connectivity index (χ1n) is 7.46. The molecule has 0 bridgehead atoms. The summed E-state index contributed by atoms with van der Waals surface area (Å²) in [6, 6.07) is 20.5. The van der Waals surface area contributed by atoms with Crippen LogP contribution in [0.1, 0.15) is 31.8 Å². The van der Waals surface area contributed by atoms with E-state index < -0.39 is 0 Å². The first kappa shape index (κ1) is 15.5. The Labute approximate surface area is 139 Å². The Morgan fingerprint density at radius 1 is 0.583 bits per heavy atom. The summed E-state index contributed by atoms with van der Waals surface area (Å²) in [5.41, 5.74) is 13.7. The van der Waals surface area contributed by atoms with Gasteiger partial charge in [-0.1, -0.05) is 60.7 Å². The quantitative estimate of drug-likeness (QED) is 0.571. The van der Waals surface area contributed by atoms with Crippen molar-refractivity contribution in [3.63, 3.8) is 0 Å². The van der Waals surface area contributed by atoms with E-state index in [2.05, 4.69) is 0 Å². The zero-order chi connectivity index (χ0) is 17.1. The number of nitrogens with two attached hydrogens (primary N) is 2. The van der Waals surface area contributed by atoms with E-state index in [0.717, 1.165) is 0 Å². The minimum Gasteiger partial charge on any atom is -0.397 e. The lowest BCUT2D eigenvalue weighted by molar-refractivity contribution is 0.100. The summed E-state index contributed by atoms with van der Waals surface area (Å²) in [5, 5.41) is 0. The van der Waals surface area contributed by atoms with Crippen molar-refractivity contribution >= 4 is 22.9 Å². The van der Waals surface area contributed by atoms with Crippen molar-refractivity contribution in [2.75, 3.05) is 11.5 Å². The zero-order valence-electron chi connectivity index (χ0n) is 12.9. The van der Waals surface area contributed by atoms with Gasteiger partial charge in [-0.25, -0.2) is 0 Å². The third-order valence-corrected chi connectivity index (χ3v) is 3.78. The van der Waals surface area contributed by atoms with Crippen LogP contribution in [-0.2, 0) is 0 Å². The second-order valence-corrected chi connectivity index (χ2v) is 5.42. The highest BCUT2D eigenvalue weighted by atomic mass is 16.1. The third kappa shape index (κ3) is 2.90. The van der Waals surface area contributed by atoms with Crippen molar-refractivity contribution in [2.45, 2.75) is 0 Å². The fourth-order valence-electron chi connectivity index (χ4n) is 2.50. The molecule has 0 atom stereocenters. The number of carbonyl (C=O) groups is 2. The molecule has 0 saturated carbocycles. The highest BCUT2D eigenvalue weighted by molar-refractivity contribution is 6.20. The van der Waals surface area contributed by atoms with Crippen molar-refractivity contribution in [2.24, 2.45) is 0 Å². The Hall–Kier alpha value is -3.40. The molecule has 4 heteroatoms. The molecular formula is C20H16N2O2. The van der Waals surface area contributed by atoms with Crippen molar-refractivity contribution in [3.8, 4) is 0 Å². The summed E-state index contributed by atoms with van der Waals surface area (Å²) >= 11 is 0. The molecule has 0 aliphatic heterocycles. The summed E-state index contributed by atoms with van der Waals surface area (Å²) in [6.45, 7) is 0. The lowest BCUT2D eigenvalue weighted by Crippen LogP contribution is -2.13. The highest BCUT2D eigenvalue weighted by Crippen LogP contribution is 2.25. The maximum Gasteiger partial charge on any atom is 0.193 e. The first-order chi connectivity index (χ1) is 11.6. The molecular weight excluding hydrogens is 300 g/mol. The van der Waals surface area contributed by atoms with Gasteiger partial charge in [-0.2, -0.15) is 0 Å². The van der Waals surface area contributed by atoms with E-state index in [4.69, 9.17) is 11.5 Å². The minimum absolute atomic E-state index is 0.252. The third-order valence-electron chi connectivity index (χ3n) is 3.78. The van der Waals surface area contributed by atoms with E-state index >= 15 is 0 Å². The van der Waals surface area contributed by atoms with Crippen LogP contribution >= 0.6 is 0 Å². The van der Waals surface area contributed by atoms with Crippen LogP contribution in [-0.4, -0.2) is 11.6 Å². The van der Waals surface area contributed by atoms with Gasteiger partial charge in [-0.15, -0.1) is 0 Å². The molecule has 3 aromatic carbocycles. The molecule has 3 aromatic rings. The maximum atomic E-state index is 12.8. The standard InChI is InChI=1S/C20H16N2O2/c21-17-11-15(19(23)13-7-3-1-4-8-13)16(12-18(17)22)20(24)14-9-5-2-6-10-14/h1-12H,21-22H2. The number of hydrogen-bond acceptors (Lipinski definition) is 4. The molecule has 0 aliphatic carbocycles. The van der Waals surface area contributed by atoms with Crippen molar-refractivity contribution in [3.05, 3.63) is 95.1 Å². The van der Waals surface area contributed by atoms with Gasteiger partial charge in [-0.3, -0.25) is 9.59 Å². The van der Waals surface area contributed by atoms with Crippen LogP contribution in [0.25, 0.3) is 0 Å². The lowest BCUT2D eigenvalue weighted by atomic mass is 9.92. The van der Waals surface area contributed by atoms with Crippen LogP contribution in [0.15, 0.2) is 72.8 Å². The Morgan fingerprint density at radius 2 is 0.917 bits per heavy atom. The largest absolute Gasteiger partial charge is 0.397 e. The van der Waals surface area contributed by atoms with Gasteiger partial charge >= 0.3 is 0 Å². The molecule has 0 fully saturated rings. The van der Waals surface area contributed by atoms with Crippen molar-refractivity contribution < 1.29 is 9.59 Å². The van der Waals surface area contributed by atoms with Crippen LogP contribution in [0.3, 0.4) is 0 Å². The predicted molar refractivity (Wildman–Crippen MR) is 95.0 cm³/mol. The Balaban J connectivity index is 2.14. The van der Waals surface area contributed by atoms with Gasteiger partial charge in [-0.05, 0) is 12.1 Å². The average molecular weight is 316 g/mol. The number of nitrogen functional groups attached to an aromatic ring is 2. The molecule has 0 heterocycles. The maximum absolute atomic E-state index is 12.8. The molecule has 4 N–H and O–H groups in total. The summed E-state index contributed by atoms with van der Waals surface area (Å²) in [5.74, 6) is -0.525. The molecule has 0 saturated heterocycles. The summed E-state index contributed by atoms with van der Waals surface area (Å²) in [4.78, 5) is 25.6. The topological polar surface area (TPSA) is 86.2 Å². The van der Waals surface area contributed by atoms with Gasteiger partial charge < -0.3 is 11.5 Å². The number of ketones is 2. The van der Waals surface area contributed by atoms with Gasteiger partial charge in [0.15, 0.2) is 11.6 Å². The molecule has 0 unspecified atom stereocenters. The van der Waals surface area contributed by atoms with Gasteiger partial charge in [0.2, 0.25) is 0 Å². The summed E-state index contributed by atoms with van der Waals surface area (Å²) < 4.78 is 0. The molecule has 24 heavy (non-hydrogen) atoms. The second kappa shape index (κ2) is 6.38. The van der Waals surface area contributed by atoms with Gasteiger partial charge in [0.25, 0.3) is 0 Å². The number of benzene rings is 3. The Kier molecular flexibility index (Phi) is 4.12. The van der Waals surface area contributed by atoms with Crippen LogP contribution in [0.2, 0.25) is 0 Å². The summed E-state index contributed by atoms with van der Waals surface area (Å²) in [6.07, 6.45) is 0. The van der Waals surface area contributed by atoms with Gasteiger partial charge in [0.1, 0.15) is 0 Å². The fraction of sp³-hybridized carbons (Fsp3) is 0. The second-order valence-electron chi connectivity index (χ2n) is 5.42. The van der Waals surface area contributed by atoms with E-state index in [1.165, 1.54) is 12.1 Å². The smallest absolute Gasteiger partial charge is 0.193 e. The average Bonchev–Trinajstić information content (AvgIpc) is 2.64. The molecule has 3 rings (SSSR count). The first-order valence-corrected chi connectivity index (χ1v) is 7.46. The van der Waals surface area contributed by atoms with E-state index in [-0.39, 0.29) is 34.1 Å². The normalized spacial score (nSPS) is 10.3. The van der Waals surface area contributed by atoms with Crippen LogP contribution in [0, 0.1) is 0 Å². The number of hydrogen-bond donors (Lipinski definition) is 2. The van der Waals surface area contributed by atoms with Crippen molar-refractivity contribution in [1.29, 1.82) is 0 Å². The minimum atomic E-state index is -0.262. The van der Waals surface area contributed by atoms with E-state index in [9.17, 15) is 9.59 Å². The summed E-state index contributed by atoms with van der Waals surface area (Å²) in [7, 11) is 0. The SMILES string of the molecule is Nc1cc(C(=O)c2ccccc2)c(C(=O)c2ccccc2)cc1N. The molecule has 0 amide bonds. The zero-order valence-corrected chi connectivity index (χ0v) is 12.9. The number of rotatable bonds is 4. The van der Waals surface area contributed by atoms with E-state index in [1.54, 1.807) is 48.5 Å². The fourth-order valence-corrected chi connectivity index (χ4v) is 2.50. The molecule has 0 radical (unpaired) electrons. The molecule has 0 aliphatic rings. The number of anilines is 2. The van der Waals surface area contributed by atoms with E-state index in [1.807, 2.05) is 12.1 Å². The Bertz CT molecular complexity index is 827. The molecule has 0 spiro atoms. The Morgan fingerprint density at radius 3 is 1.25 bits per heavy atom. The van der Waals surface area contributed by atoms with Crippen molar-refractivity contribution in [1.82, 2.24) is 0 Å². The molecule has 0 aromatic heterocycles. The van der Waals surface area contributed by atoms with Crippen LogP contribution in [0.4, 0.5) is 11.4 Å². The van der Waals surface area contributed by atoms with Crippen LogP contribution < -0.4 is 11.5 Å². The lowest BCUT2D eigenvalue weighted by Gasteiger charge is -2.11. The predicted octanol–water partition coefficient (Wildman–Crippen LogP) is 3.31. The number of carbonyl (C=O) groups excluding carboxylic acids is 2.